The number of amides is 1. The summed E-state index contributed by atoms with van der Waals surface area (Å²) in [5.41, 5.74) is -0.218. The maximum absolute atomic E-state index is 12.5. The molecule has 1 N–H and O–H groups in total. The van der Waals surface area contributed by atoms with E-state index in [9.17, 15) is 4.79 Å². The molecule has 7 heteroatoms. The molecule has 4 saturated heterocycles. The number of nitrogens with one attached hydrogen (secondary N) is 1. The van der Waals surface area contributed by atoms with Gasteiger partial charge in [-0.15, -0.1) is 0 Å². The summed E-state index contributed by atoms with van der Waals surface area (Å²) in [5, 5.41) is 3.45. The summed E-state index contributed by atoms with van der Waals surface area (Å²) in [4.78, 5) is 21.9. The van der Waals surface area contributed by atoms with Crippen LogP contribution in [0, 0.1) is 0 Å². The predicted octanol–water partition coefficient (Wildman–Crippen LogP) is 1.05. The minimum Gasteiger partial charge on any atom is -0.441 e. The van der Waals surface area contributed by atoms with Crippen LogP contribution in [0.25, 0.3) is 0 Å². The fourth-order valence-electron chi connectivity index (χ4n) is 5.52. The number of hydrogen-bond acceptors (Lipinski definition) is 6. The first-order chi connectivity index (χ1) is 13.5. The Morgan fingerprint density at radius 2 is 1.86 bits per heavy atom. The Balaban J connectivity index is 1.19. The standard InChI is InChI=1S/C21H39N5O2/c1-23(2)19-6-13-24(16-19)11-3-12-26-17-21(28-20(26)27)7-14-25(15-8-21)18-4-9-22-10-5-18/h18-19,22H,3-17H2,1-2H3/t19-/m1/s1. The van der Waals surface area contributed by atoms with E-state index in [1.165, 1.54) is 25.8 Å². The number of carbonyl (C=O) groups is 1. The van der Waals surface area contributed by atoms with Crippen LogP contribution in [0.5, 0.6) is 0 Å². The van der Waals surface area contributed by atoms with Crippen LogP contribution in [0.2, 0.25) is 0 Å². The summed E-state index contributed by atoms with van der Waals surface area (Å²) >= 11 is 0. The second-order valence-electron chi connectivity index (χ2n) is 9.55. The van der Waals surface area contributed by atoms with Crippen LogP contribution in [0.15, 0.2) is 0 Å². The minimum atomic E-state index is -0.218. The van der Waals surface area contributed by atoms with Crippen LogP contribution in [-0.4, -0.2) is 116 Å². The Hall–Kier alpha value is -0.890. The number of nitrogens with zero attached hydrogens (tertiary/aromatic N) is 4. The molecule has 1 spiro atoms. The second kappa shape index (κ2) is 8.86. The first-order valence-corrected chi connectivity index (χ1v) is 11.4. The van der Waals surface area contributed by atoms with Gasteiger partial charge in [-0.25, -0.2) is 4.79 Å². The fraction of sp³-hybridized carbons (Fsp3) is 0.952. The number of ether oxygens (including phenoxy) is 1. The molecule has 0 aromatic rings. The highest BCUT2D eigenvalue weighted by molar-refractivity contribution is 5.70. The molecule has 0 unspecified atom stereocenters. The third-order valence-corrected chi connectivity index (χ3v) is 7.46. The van der Waals surface area contributed by atoms with E-state index >= 15 is 0 Å². The SMILES string of the molecule is CN(C)[C@@H]1CCN(CCCN2CC3(CCN(C4CCNCC4)CC3)OC2=O)C1. The molecule has 0 radical (unpaired) electrons. The fourth-order valence-corrected chi connectivity index (χ4v) is 5.52. The van der Waals surface area contributed by atoms with Gasteiger partial charge in [0.05, 0.1) is 6.54 Å². The molecule has 1 atom stereocenters. The second-order valence-corrected chi connectivity index (χ2v) is 9.55. The van der Waals surface area contributed by atoms with Crippen molar-refractivity contribution >= 4 is 6.09 Å². The van der Waals surface area contributed by atoms with Gasteiger partial charge in [0.25, 0.3) is 0 Å². The lowest BCUT2D eigenvalue weighted by Crippen LogP contribution is -2.52. The molecule has 160 valence electrons. The van der Waals surface area contributed by atoms with Gasteiger partial charge < -0.3 is 24.8 Å². The van der Waals surface area contributed by atoms with Crippen molar-refractivity contribution in [1.29, 1.82) is 0 Å². The average Bonchev–Trinajstić information content (AvgIpc) is 3.29. The zero-order valence-electron chi connectivity index (χ0n) is 17.9. The van der Waals surface area contributed by atoms with Crippen molar-refractivity contribution in [3.8, 4) is 0 Å². The quantitative estimate of drug-likeness (QED) is 0.728. The number of likely N-dealkylation sites (tertiary alicyclic amines) is 2. The van der Waals surface area contributed by atoms with Crippen molar-refractivity contribution < 1.29 is 9.53 Å². The molecular weight excluding hydrogens is 354 g/mol. The first-order valence-electron chi connectivity index (χ1n) is 11.4. The molecule has 4 fully saturated rings. The minimum absolute atomic E-state index is 0.0806. The van der Waals surface area contributed by atoms with E-state index in [-0.39, 0.29) is 11.7 Å². The van der Waals surface area contributed by atoms with Crippen molar-refractivity contribution in [3.63, 3.8) is 0 Å². The van der Waals surface area contributed by atoms with E-state index in [1.54, 1.807) is 0 Å². The zero-order chi connectivity index (χ0) is 19.6. The highest BCUT2D eigenvalue weighted by Crippen LogP contribution is 2.34. The van der Waals surface area contributed by atoms with E-state index in [0.717, 1.165) is 77.7 Å². The van der Waals surface area contributed by atoms with Gasteiger partial charge in [-0.1, -0.05) is 0 Å². The number of hydrogen-bond donors (Lipinski definition) is 1. The molecule has 4 heterocycles. The summed E-state index contributed by atoms with van der Waals surface area (Å²) in [5.74, 6) is 0. The van der Waals surface area contributed by atoms with Crippen molar-refractivity contribution in [2.75, 3.05) is 73.0 Å². The van der Waals surface area contributed by atoms with Gasteiger partial charge in [0, 0.05) is 51.1 Å². The number of piperidine rings is 2. The van der Waals surface area contributed by atoms with Gasteiger partial charge >= 0.3 is 6.09 Å². The normalized spacial score (nSPS) is 29.9. The van der Waals surface area contributed by atoms with E-state index in [1.807, 2.05) is 4.90 Å². The van der Waals surface area contributed by atoms with Crippen molar-refractivity contribution in [2.24, 2.45) is 0 Å². The lowest BCUT2D eigenvalue weighted by atomic mass is 9.89. The average molecular weight is 394 g/mol. The molecule has 0 saturated carbocycles. The Bertz CT molecular complexity index is 529. The highest BCUT2D eigenvalue weighted by Gasteiger charge is 2.47. The Labute approximate surface area is 170 Å². The summed E-state index contributed by atoms with van der Waals surface area (Å²) < 4.78 is 5.94. The van der Waals surface area contributed by atoms with Crippen molar-refractivity contribution in [1.82, 2.24) is 24.9 Å². The molecule has 1 amide bonds. The highest BCUT2D eigenvalue weighted by atomic mass is 16.6. The molecule has 4 rings (SSSR count). The van der Waals surface area contributed by atoms with Gasteiger partial charge in [-0.05, 0) is 66.0 Å². The monoisotopic (exact) mass is 393 g/mol. The Morgan fingerprint density at radius 3 is 2.54 bits per heavy atom. The van der Waals surface area contributed by atoms with E-state index in [0.29, 0.717) is 6.04 Å². The van der Waals surface area contributed by atoms with Crippen molar-refractivity contribution in [2.45, 2.75) is 56.2 Å². The van der Waals surface area contributed by atoms with Crippen LogP contribution >= 0.6 is 0 Å². The Morgan fingerprint density at radius 1 is 1.11 bits per heavy atom. The number of likely N-dealkylation sites (N-methyl/N-ethyl adjacent to an activating group) is 1. The maximum atomic E-state index is 12.5. The predicted molar refractivity (Wildman–Crippen MR) is 111 cm³/mol. The maximum Gasteiger partial charge on any atom is 0.410 e. The lowest BCUT2D eigenvalue weighted by Gasteiger charge is -2.42. The van der Waals surface area contributed by atoms with E-state index < -0.39 is 0 Å². The summed E-state index contributed by atoms with van der Waals surface area (Å²) in [6.45, 7) is 9.50. The molecule has 4 aliphatic heterocycles. The van der Waals surface area contributed by atoms with Crippen LogP contribution in [0.1, 0.15) is 38.5 Å². The molecular formula is C21H39N5O2. The molecule has 0 aliphatic carbocycles. The molecule has 0 aromatic heterocycles. The summed E-state index contributed by atoms with van der Waals surface area (Å²) in [6, 6.07) is 1.41. The van der Waals surface area contributed by atoms with Gasteiger partial charge in [-0.2, -0.15) is 0 Å². The smallest absolute Gasteiger partial charge is 0.410 e. The summed E-state index contributed by atoms with van der Waals surface area (Å²) in [7, 11) is 4.34. The summed E-state index contributed by atoms with van der Waals surface area (Å²) in [6.07, 6.45) is 6.73. The third-order valence-electron chi connectivity index (χ3n) is 7.46. The molecule has 0 aromatic carbocycles. The van der Waals surface area contributed by atoms with Gasteiger partial charge in [-0.3, -0.25) is 4.90 Å². The zero-order valence-corrected chi connectivity index (χ0v) is 17.9. The van der Waals surface area contributed by atoms with E-state index in [4.69, 9.17) is 4.74 Å². The van der Waals surface area contributed by atoms with Crippen LogP contribution in [0.3, 0.4) is 0 Å². The van der Waals surface area contributed by atoms with E-state index in [2.05, 4.69) is 34.1 Å². The van der Waals surface area contributed by atoms with Crippen molar-refractivity contribution in [3.05, 3.63) is 0 Å². The topological polar surface area (TPSA) is 51.3 Å². The first kappa shape index (κ1) is 20.4. The number of rotatable bonds is 6. The molecule has 7 nitrogen and oxygen atoms in total. The van der Waals surface area contributed by atoms with Gasteiger partial charge in [0.15, 0.2) is 0 Å². The molecule has 4 aliphatic rings. The van der Waals surface area contributed by atoms with Crippen LogP contribution in [-0.2, 0) is 4.74 Å². The number of carbonyl (C=O) groups excluding carboxylic acids is 1. The van der Waals surface area contributed by atoms with Crippen LogP contribution < -0.4 is 5.32 Å². The molecule has 0 bridgehead atoms. The van der Waals surface area contributed by atoms with Gasteiger partial charge in [0.2, 0.25) is 0 Å². The van der Waals surface area contributed by atoms with Gasteiger partial charge in [0.1, 0.15) is 5.60 Å². The largest absolute Gasteiger partial charge is 0.441 e. The third kappa shape index (κ3) is 4.64. The van der Waals surface area contributed by atoms with Crippen LogP contribution in [0.4, 0.5) is 4.79 Å². The molecule has 28 heavy (non-hydrogen) atoms. The lowest BCUT2D eigenvalue weighted by molar-refractivity contribution is -0.0135. The Kier molecular flexibility index (Phi) is 6.45.